The fourth-order valence-electron chi connectivity index (χ4n) is 5.21. The van der Waals surface area contributed by atoms with Crippen LogP contribution in [0, 0.1) is 16.7 Å². The van der Waals surface area contributed by atoms with E-state index in [0.29, 0.717) is 19.3 Å². The largest absolute Gasteiger partial charge is 0.480 e. The Morgan fingerprint density at radius 2 is 1.07 bits per heavy atom. The summed E-state index contributed by atoms with van der Waals surface area (Å²) in [6, 6.07) is 0. The van der Waals surface area contributed by atoms with Crippen molar-refractivity contribution in [3.63, 3.8) is 0 Å². The Morgan fingerprint density at radius 3 is 1.43 bits per heavy atom. The van der Waals surface area contributed by atoms with E-state index in [9.17, 15) is 19.8 Å². The van der Waals surface area contributed by atoms with Crippen molar-refractivity contribution in [3.05, 3.63) is 0 Å². The molecule has 0 spiro atoms. The van der Waals surface area contributed by atoms with Crippen molar-refractivity contribution in [3.8, 4) is 0 Å². The maximum absolute atomic E-state index is 12.7. The highest BCUT2D eigenvalue weighted by Crippen LogP contribution is 2.58. The first-order chi connectivity index (χ1) is 13.3. The predicted molar refractivity (Wildman–Crippen MR) is 117 cm³/mol. The highest BCUT2D eigenvalue weighted by Gasteiger charge is 2.63. The number of carboxylic acid groups (broad SMARTS) is 2. The lowest BCUT2D eigenvalue weighted by atomic mass is 9.50. The molecule has 2 N–H and O–H groups in total. The number of carbonyl (C=O) groups is 2. The van der Waals surface area contributed by atoms with Gasteiger partial charge in [0.05, 0.1) is 0 Å². The molecule has 0 saturated heterocycles. The van der Waals surface area contributed by atoms with Gasteiger partial charge in [0, 0.05) is 5.41 Å². The second kappa shape index (κ2) is 14.0. The Morgan fingerprint density at radius 1 is 0.643 bits per heavy atom. The third kappa shape index (κ3) is 6.22. The number of rotatable bonds is 18. The second-order valence-corrected chi connectivity index (χ2v) is 8.61. The van der Waals surface area contributed by atoms with E-state index in [2.05, 4.69) is 27.7 Å². The van der Waals surface area contributed by atoms with E-state index in [1.807, 2.05) is 6.92 Å². The fourth-order valence-corrected chi connectivity index (χ4v) is 5.21. The van der Waals surface area contributed by atoms with E-state index in [4.69, 9.17) is 0 Å². The second-order valence-electron chi connectivity index (χ2n) is 8.61. The van der Waals surface area contributed by atoms with E-state index in [1.54, 1.807) is 0 Å². The van der Waals surface area contributed by atoms with E-state index in [-0.39, 0.29) is 12.3 Å². The van der Waals surface area contributed by atoms with Crippen LogP contribution in [0.15, 0.2) is 0 Å². The first kappa shape index (κ1) is 26.9. The van der Waals surface area contributed by atoms with Crippen LogP contribution in [0.5, 0.6) is 0 Å². The minimum atomic E-state index is -1.68. The van der Waals surface area contributed by atoms with E-state index in [0.717, 1.165) is 64.2 Å². The number of hydrogen-bond acceptors (Lipinski definition) is 2. The summed E-state index contributed by atoms with van der Waals surface area (Å²) in [5.41, 5.74) is -2.35. The van der Waals surface area contributed by atoms with Gasteiger partial charge in [-0.15, -0.1) is 0 Å². The average molecular weight is 399 g/mol. The summed E-state index contributed by atoms with van der Waals surface area (Å²) in [4.78, 5) is 25.5. The molecule has 0 aromatic rings. The van der Waals surface area contributed by atoms with Gasteiger partial charge < -0.3 is 10.2 Å². The molecule has 0 aromatic heterocycles. The minimum absolute atomic E-state index is 0.152. The molecule has 1 atom stereocenters. The molecule has 166 valence electrons. The molecule has 0 heterocycles. The molecule has 0 aliphatic heterocycles. The van der Waals surface area contributed by atoms with Crippen LogP contribution in [0.2, 0.25) is 0 Å². The molecule has 0 fully saturated rings. The van der Waals surface area contributed by atoms with Crippen LogP contribution in [-0.4, -0.2) is 22.2 Å². The predicted octanol–water partition coefficient (Wildman–Crippen LogP) is 7.31. The molecule has 0 radical (unpaired) electrons. The van der Waals surface area contributed by atoms with Gasteiger partial charge in [-0.05, 0) is 31.6 Å². The van der Waals surface area contributed by atoms with Crippen molar-refractivity contribution < 1.29 is 19.8 Å². The van der Waals surface area contributed by atoms with Crippen molar-refractivity contribution >= 4 is 11.9 Å². The van der Waals surface area contributed by atoms with Gasteiger partial charge in [0.25, 0.3) is 0 Å². The molecule has 4 heteroatoms. The van der Waals surface area contributed by atoms with Crippen LogP contribution >= 0.6 is 0 Å². The van der Waals surface area contributed by atoms with Crippen molar-refractivity contribution in [1.82, 2.24) is 0 Å². The Kier molecular flexibility index (Phi) is 13.5. The fraction of sp³-hybridized carbons (Fsp3) is 0.917. The van der Waals surface area contributed by atoms with Gasteiger partial charge in [-0.2, -0.15) is 0 Å². The molecule has 0 saturated carbocycles. The Hall–Kier alpha value is -1.06. The molecule has 0 aromatic carbocycles. The number of carboxylic acids is 2. The maximum atomic E-state index is 12.7. The summed E-state index contributed by atoms with van der Waals surface area (Å²) in [7, 11) is 0. The Bertz CT molecular complexity index is 422. The summed E-state index contributed by atoms with van der Waals surface area (Å²) in [5, 5.41) is 20.8. The van der Waals surface area contributed by atoms with Crippen molar-refractivity contribution in [1.29, 1.82) is 0 Å². The summed E-state index contributed by atoms with van der Waals surface area (Å²) in [6.45, 7) is 10.5. The Labute approximate surface area is 173 Å². The van der Waals surface area contributed by atoms with Gasteiger partial charge in [0.1, 0.15) is 0 Å². The van der Waals surface area contributed by atoms with Gasteiger partial charge >= 0.3 is 11.9 Å². The van der Waals surface area contributed by atoms with Gasteiger partial charge in [0.15, 0.2) is 5.41 Å². The maximum Gasteiger partial charge on any atom is 0.321 e. The van der Waals surface area contributed by atoms with Crippen LogP contribution in [0.4, 0.5) is 0 Å². The standard InChI is InChI=1S/C24H46O4/c1-6-11-16-20(15-10-5)23(17-12-7-2,18-13-8-3)24(21(25)26,22(27)28)19-14-9-4/h20H,6-19H2,1-5H3,(H,25,26)(H,27,28). The lowest BCUT2D eigenvalue weighted by Crippen LogP contribution is -2.57. The molecule has 0 aliphatic rings. The first-order valence-electron chi connectivity index (χ1n) is 11.8. The van der Waals surface area contributed by atoms with Crippen LogP contribution in [0.25, 0.3) is 0 Å². The number of unbranched alkanes of at least 4 members (excludes halogenated alkanes) is 4. The molecular weight excluding hydrogens is 352 g/mol. The average Bonchev–Trinajstić information content (AvgIpc) is 2.66. The molecule has 0 aliphatic carbocycles. The molecule has 0 bridgehead atoms. The van der Waals surface area contributed by atoms with Crippen molar-refractivity contribution in [2.24, 2.45) is 16.7 Å². The van der Waals surface area contributed by atoms with Crippen LogP contribution in [-0.2, 0) is 9.59 Å². The normalized spacial score (nSPS) is 13.5. The monoisotopic (exact) mass is 398 g/mol. The third-order valence-electron chi connectivity index (χ3n) is 6.76. The SMILES string of the molecule is CCCCC(CCC)C(CCCC)(CCCC)C(CCCC)(C(=O)O)C(=O)O. The molecule has 28 heavy (non-hydrogen) atoms. The Balaban J connectivity index is 6.69. The summed E-state index contributed by atoms with van der Waals surface area (Å²) in [5.74, 6) is -2.07. The topological polar surface area (TPSA) is 74.6 Å². The summed E-state index contributed by atoms with van der Waals surface area (Å²) >= 11 is 0. The molecule has 0 rings (SSSR count). The lowest BCUT2D eigenvalue weighted by molar-refractivity contribution is -0.185. The van der Waals surface area contributed by atoms with Crippen molar-refractivity contribution in [2.75, 3.05) is 0 Å². The number of hydrogen-bond donors (Lipinski definition) is 2. The third-order valence-corrected chi connectivity index (χ3v) is 6.76. The molecular formula is C24H46O4. The zero-order valence-corrected chi connectivity index (χ0v) is 19.2. The van der Waals surface area contributed by atoms with Gasteiger partial charge in [-0.25, -0.2) is 0 Å². The highest BCUT2D eigenvalue weighted by molar-refractivity contribution is 5.99. The highest BCUT2D eigenvalue weighted by atomic mass is 16.4. The molecule has 1 unspecified atom stereocenters. The van der Waals surface area contributed by atoms with Gasteiger partial charge in [0.2, 0.25) is 0 Å². The van der Waals surface area contributed by atoms with Crippen molar-refractivity contribution in [2.45, 2.75) is 125 Å². The summed E-state index contributed by atoms with van der Waals surface area (Å²) in [6.07, 6.45) is 11.7. The zero-order valence-electron chi connectivity index (χ0n) is 19.2. The van der Waals surface area contributed by atoms with Crippen LogP contribution in [0.1, 0.15) is 125 Å². The minimum Gasteiger partial charge on any atom is -0.480 e. The number of aliphatic carboxylic acids is 2. The zero-order chi connectivity index (χ0) is 21.6. The van der Waals surface area contributed by atoms with Gasteiger partial charge in [-0.3, -0.25) is 9.59 Å². The van der Waals surface area contributed by atoms with Gasteiger partial charge in [-0.1, -0.05) is 98.8 Å². The van der Waals surface area contributed by atoms with Crippen LogP contribution < -0.4 is 0 Å². The quantitative estimate of drug-likeness (QED) is 0.237. The molecule has 4 nitrogen and oxygen atoms in total. The smallest absolute Gasteiger partial charge is 0.321 e. The molecule has 0 amide bonds. The van der Waals surface area contributed by atoms with E-state index < -0.39 is 22.8 Å². The van der Waals surface area contributed by atoms with E-state index in [1.165, 1.54) is 0 Å². The summed E-state index contributed by atoms with van der Waals surface area (Å²) < 4.78 is 0. The first-order valence-corrected chi connectivity index (χ1v) is 11.8. The van der Waals surface area contributed by atoms with E-state index >= 15 is 0 Å². The lowest BCUT2D eigenvalue weighted by Gasteiger charge is -2.51. The van der Waals surface area contributed by atoms with Crippen LogP contribution in [0.3, 0.4) is 0 Å².